The minimum absolute atomic E-state index is 0.0761. The number of rotatable bonds is 5. The van der Waals surface area contributed by atoms with E-state index in [1.165, 1.54) is 11.1 Å². The fourth-order valence-electron chi connectivity index (χ4n) is 3.33. The van der Waals surface area contributed by atoms with E-state index in [-0.39, 0.29) is 11.9 Å². The lowest BCUT2D eigenvalue weighted by Crippen LogP contribution is -2.33. The van der Waals surface area contributed by atoms with Crippen LogP contribution in [0.1, 0.15) is 46.5 Å². The molecule has 0 saturated carbocycles. The number of carbonyl (C=O) groups is 1. The molecule has 2 atom stereocenters. The molecule has 0 saturated heterocycles. The molecule has 0 aromatic heterocycles. The number of carbonyl (C=O) groups excluding carboxylic acids is 1. The van der Waals surface area contributed by atoms with Crippen molar-refractivity contribution in [2.24, 2.45) is 0 Å². The summed E-state index contributed by atoms with van der Waals surface area (Å²) in [4.78, 5) is 12.5. The van der Waals surface area contributed by atoms with Crippen molar-refractivity contribution in [2.75, 3.05) is 13.1 Å². The second-order valence-corrected chi connectivity index (χ2v) is 6.77. The van der Waals surface area contributed by atoms with Gasteiger partial charge in [0.2, 0.25) is 0 Å². The van der Waals surface area contributed by atoms with Crippen molar-refractivity contribution in [3.05, 3.63) is 70.8 Å². The second-order valence-electron chi connectivity index (χ2n) is 6.77. The van der Waals surface area contributed by atoms with Gasteiger partial charge in [-0.15, -0.1) is 0 Å². The third-order valence-corrected chi connectivity index (χ3v) is 4.75. The lowest BCUT2D eigenvalue weighted by molar-refractivity contribution is 0.0917. The highest BCUT2D eigenvalue weighted by molar-refractivity contribution is 5.94. The zero-order chi connectivity index (χ0) is 17.6. The molecule has 1 aliphatic heterocycles. The highest BCUT2D eigenvalue weighted by Crippen LogP contribution is 2.19. The maximum Gasteiger partial charge on any atom is 0.251 e. The van der Waals surface area contributed by atoms with Gasteiger partial charge in [0.15, 0.2) is 0 Å². The first-order valence-electron chi connectivity index (χ1n) is 9.00. The van der Waals surface area contributed by atoms with Crippen LogP contribution in [0.25, 0.3) is 0 Å². The molecule has 0 radical (unpaired) electrons. The van der Waals surface area contributed by atoms with E-state index in [4.69, 9.17) is 0 Å². The average Bonchev–Trinajstić information content (AvgIpc) is 2.87. The topological polar surface area (TPSA) is 61.4 Å². The van der Waals surface area contributed by atoms with Gasteiger partial charge in [-0.2, -0.15) is 0 Å². The largest absolute Gasteiger partial charge is 0.388 e. The lowest BCUT2D eigenvalue weighted by Gasteiger charge is -2.18. The summed E-state index contributed by atoms with van der Waals surface area (Å²) in [7, 11) is 0. The highest BCUT2D eigenvalue weighted by atomic mass is 16.3. The van der Waals surface area contributed by atoms with Gasteiger partial charge >= 0.3 is 0 Å². The first kappa shape index (κ1) is 17.6. The molecule has 0 aliphatic carbocycles. The number of nitrogens with one attached hydrogen (secondary N) is 2. The van der Waals surface area contributed by atoms with Crippen molar-refractivity contribution >= 4 is 5.91 Å². The third-order valence-electron chi connectivity index (χ3n) is 4.75. The number of amides is 1. The van der Waals surface area contributed by atoms with E-state index in [2.05, 4.69) is 16.7 Å². The summed E-state index contributed by atoms with van der Waals surface area (Å²) < 4.78 is 0. The molecule has 132 valence electrons. The molecule has 2 aromatic rings. The van der Waals surface area contributed by atoms with Gasteiger partial charge in [-0.05, 0) is 68.1 Å². The van der Waals surface area contributed by atoms with Crippen molar-refractivity contribution < 1.29 is 9.90 Å². The average molecular weight is 338 g/mol. The maximum atomic E-state index is 12.5. The third kappa shape index (κ3) is 4.68. The van der Waals surface area contributed by atoms with E-state index in [1.807, 2.05) is 49.4 Å². The number of aliphatic hydroxyl groups excluding tert-OH is 1. The number of aliphatic hydroxyl groups is 1. The summed E-state index contributed by atoms with van der Waals surface area (Å²) >= 11 is 0. The standard InChI is InChI=1S/C21H26N2O2/c1-15(13-20(24)17-5-3-2-4-6-17)23-21(25)19-8-7-16-9-11-22-12-10-18(16)14-19/h2-8,14-15,20,22,24H,9-13H2,1H3,(H,23,25)/t15-,20+/m1/s1. The number of hydrogen-bond acceptors (Lipinski definition) is 3. The van der Waals surface area contributed by atoms with E-state index in [0.29, 0.717) is 12.0 Å². The Bertz CT molecular complexity index is 715. The molecule has 4 heteroatoms. The first-order valence-corrected chi connectivity index (χ1v) is 9.00. The monoisotopic (exact) mass is 338 g/mol. The van der Waals surface area contributed by atoms with Crippen LogP contribution in [-0.4, -0.2) is 30.1 Å². The van der Waals surface area contributed by atoms with Gasteiger partial charge in [0, 0.05) is 11.6 Å². The predicted octanol–water partition coefficient (Wildman–Crippen LogP) is 2.62. The van der Waals surface area contributed by atoms with Crippen LogP contribution in [-0.2, 0) is 12.8 Å². The number of hydrogen-bond donors (Lipinski definition) is 3. The molecular formula is C21H26N2O2. The van der Waals surface area contributed by atoms with Crippen LogP contribution in [0.4, 0.5) is 0 Å². The lowest BCUT2D eigenvalue weighted by atomic mass is 9.99. The smallest absolute Gasteiger partial charge is 0.251 e. The Morgan fingerprint density at radius 1 is 1.12 bits per heavy atom. The summed E-state index contributed by atoms with van der Waals surface area (Å²) in [6.45, 7) is 3.88. The zero-order valence-corrected chi connectivity index (χ0v) is 14.7. The van der Waals surface area contributed by atoms with Crippen LogP contribution in [0.3, 0.4) is 0 Å². The van der Waals surface area contributed by atoms with Crippen molar-refractivity contribution in [3.8, 4) is 0 Å². The molecule has 25 heavy (non-hydrogen) atoms. The van der Waals surface area contributed by atoms with Crippen LogP contribution < -0.4 is 10.6 Å². The molecule has 0 spiro atoms. The molecule has 2 aromatic carbocycles. The SMILES string of the molecule is C[C@H](C[C@H](O)c1ccccc1)NC(=O)c1ccc2c(c1)CCNCC2. The first-order chi connectivity index (χ1) is 12.1. The van der Waals surface area contributed by atoms with E-state index in [1.54, 1.807) is 0 Å². The Morgan fingerprint density at radius 3 is 2.60 bits per heavy atom. The molecule has 3 N–H and O–H groups in total. The van der Waals surface area contributed by atoms with Crippen LogP contribution in [0.15, 0.2) is 48.5 Å². The Kier molecular flexibility index (Phi) is 5.84. The van der Waals surface area contributed by atoms with Crippen molar-refractivity contribution in [2.45, 2.75) is 38.3 Å². The van der Waals surface area contributed by atoms with E-state index in [9.17, 15) is 9.90 Å². The predicted molar refractivity (Wildman–Crippen MR) is 99.7 cm³/mol. The molecule has 0 fully saturated rings. The Labute approximate surface area is 149 Å². The van der Waals surface area contributed by atoms with Gasteiger partial charge < -0.3 is 15.7 Å². The summed E-state index contributed by atoms with van der Waals surface area (Å²) in [6.07, 6.45) is 1.88. The van der Waals surface area contributed by atoms with Crippen molar-refractivity contribution in [1.82, 2.24) is 10.6 Å². The van der Waals surface area contributed by atoms with E-state index >= 15 is 0 Å². The summed E-state index contributed by atoms with van der Waals surface area (Å²) in [6, 6.07) is 15.4. The van der Waals surface area contributed by atoms with Crippen LogP contribution in [0.2, 0.25) is 0 Å². The Hall–Kier alpha value is -2.17. The molecule has 1 heterocycles. The molecule has 4 nitrogen and oxygen atoms in total. The maximum absolute atomic E-state index is 12.5. The van der Waals surface area contributed by atoms with Gasteiger partial charge in [0.1, 0.15) is 0 Å². The van der Waals surface area contributed by atoms with Crippen molar-refractivity contribution in [3.63, 3.8) is 0 Å². The Morgan fingerprint density at radius 2 is 1.84 bits per heavy atom. The number of benzene rings is 2. The van der Waals surface area contributed by atoms with E-state index in [0.717, 1.165) is 31.5 Å². The van der Waals surface area contributed by atoms with Gasteiger partial charge in [0.25, 0.3) is 5.91 Å². The zero-order valence-electron chi connectivity index (χ0n) is 14.7. The summed E-state index contributed by atoms with van der Waals surface area (Å²) in [5.41, 5.74) is 4.16. The quantitative estimate of drug-likeness (QED) is 0.785. The fourth-order valence-corrected chi connectivity index (χ4v) is 3.33. The summed E-state index contributed by atoms with van der Waals surface area (Å²) in [5.74, 6) is -0.0761. The minimum Gasteiger partial charge on any atom is -0.388 e. The molecular weight excluding hydrogens is 312 g/mol. The minimum atomic E-state index is -0.574. The van der Waals surface area contributed by atoms with Gasteiger partial charge in [-0.1, -0.05) is 36.4 Å². The number of fused-ring (bicyclic) bond motifs is 1. The summed E-state index contributed by atoms with van der Waals surface area (Å²) in [5, 5.41) is 16.7. The normalized spacial score (nSPS) is 16.4. The van der Waals surface area contributed by atoms with Crippen LogP contribution in [0.5, 0.6) is 0 Å². The molecule has 1 aliphatic rings. The van der Waals surface area contributed by atoms with Crippen LogP contribution >= 0.6 is 0 Å². The molecule has 3 rings (SSSR count). The second kappa shape index (κ2) is 8.28. The van der Waals surface area contributed by atoms with Crippen LogP contribution in [0, 0.1) is 0 Å². The van der Waals surface area contributed by atoms with Gasteiger partial charge in [-0.3, -0.25) is 4.79 Å². The van der Waals surface area contributed by atoms with Crippen molar-refractivity contribution in [1.29, 1.82) is 0 Å². The molecule has 0 unspecified atom stereocenters. The molecule has 1 amide bonds. The Balaban J connectivity index is 1.61. The van der Waals surface area contributed by atoms with Gasteiger partial charge in [-0.25, -0.2) is 0 Å². The highest BCUT2D eigenvalue weighted by Gasteiger charge is 2.16. The van der Waals surface area contributed by atoms with Gasteiger partial charge in [0.05, 0.1) is 6.10 Å². The molecule has 0 bridgehead atoms. The fraction of sp³-hybridized carbons (Fsp3) is 0.381. The van der Waals surface area contributed by atoms with E-state index < -0.39 is 6.10 Å².